The first-order valence-corrected chi connectivity index (χ1v) is 15.8. The van der Waals surface area contributed by atoms with Gasteiger partial charge in [-0.05, 0) is 36.8 Å². The Labute approximate surface area is 271 Å². The normalized spacial score (nSPS) is 19.2. The topological polar surface area (TPSA) is 146 Å². The standard InChI is InChI=1S/C35H39N3O9/c1-20(39)45-33-30-26(47-35(2,3)34(33)46-28(42)10-9-27(40)41)19-24(36-11-12-38-13-15-44-16-14-38)29-31(30)37(4)25-18-22-8-6-5-7-21(22)17-23(25)32(29)43/h5-8,17-19,33-34,36H,9-16H2,1-4H3,(H,40,41)/t33-,34-/m0/s1. The number of hydrogen-bond acceptors (Lipinski definition) is 10. The minimum absolute atomic E-state index is 0.211. The molecule has 6 rings (SSSR count). The van der Waals surface area contributed by atoms with Crippen molar-refractivity contribution in [3.63, 3.8) is 0 Å². The number of anilines is 1. The average molecular weight is 646 g/mol. The van der Waals surface area contributed by atoms with Gasteiger partial charge in [0, 0.05) is 51.6 Å². The first-order chi connectivity index (χ1) is 22.4. The van der Waals surface area contributed by atoms with Crippen LogP contribution < -0.4 is 15.5 Å². The molecule has 1 saturated heterocycles. The van der Waals surface area contributed by atoms with Gasteiger partial charge in [-0.15, -0.1) is 0 Å². The fourth-order valence-corrected chi connectivity index (χ4v) is 6.62. The molecule has 12 nitrogen and oxygen atoms in total. The van der Waals surface area contributed by atoms with Gasteiger partial charge in [0.15, 0.2) is 17.6 Å². The summed E-state index contributed by atoms with van der Waals surface area (Å²) in [5, 5.41) is 15.4. The summed E-state index contributed by atoms with van der Waals surface area (Å²) < 4.78 is 25.6. The zero-order chi connectivity index (χ0) is 33.5. The largest absolute Gasteiger partial charge is 0.483 e. The molecule has 248 valence electrons. The third-order valence-corrected chi connectivity index (χ3v) is 8.89. The van der Waals surface area contributed by atoms with E-state index >= 15 is 0 Å². The third kappa shape index (κ3) is 6.35. The van der Waals surface area contributed by atoms with E-state index in [0.717, 1.165) is 30.4 Å². The highest BCUT2D eigenvalue weighted by molar-refractivity contribution is 6.06. The minimum atomic E-state index is -1.20. The molecule has 0 spiro atoms. The van der Waals surface area contributed by atoms with Crippen molar-refractivity contribution in [3.8, 4) is 5.75 Å². The summed E-state index contributed by atoms with van der Waals surface area (Å²) in [5.74, 6) is -2.17. The SMILES string of the molecule is CC(=O)O[C@H]1c2c(cc(NCCN3CCOCC3)c3c(=O)c4cc5ccccc5cc4n(C)c23)OC(C)(C)[C@H]1OC(=O)CCC(=O)O. The van der Waals surface area contributed by atoms with E-state index in [1.165, 1.54) is 6.92 Å². The first-order valence-electron chi connectivity index (χ1n) is 15.8. The van der Waals surface area contributed by atoms with Crippen molar-refractivity contribution in [1.82, 2.24) is 9.47 Å². The molecule has 1 fully saturated rings. The summed E-state index contributed by atoms with van der Waals surface area (Å²) in [5.41, 5.74) is 0.678. The van der Waals surface area contributed by atoms with Crippen molar-refractivity contribution in [2.75, 3.05) is 44.7 Å². The van der Waals surface area contributed by atoms with Crippen molar-refractivity contribution in [2.24, 2.45) is 7.05 Å². The molecule has 2 N–H and O–H groups in total. The van der Waals surface area contributed by atoms with Crippen molar-refractivity contribution in [1.29, 1.82) is 0 Å². The number of pyridine rings is 1. The van der Waals surface area contributed by atoms with Gasteiger partial charge in [0.2, 0.25) is 0 Å². The monoisotopic (exact) mass is 645 g/mol. The Bertz CT molecular complexity index is 1940. The molecule has 0 amide bonds. The Kier molecular flexibility index (Phi) is 8.82. The maximum absolute atomic E-state index is 14.6. The Morgan fingerprint density at radius 2 is 1.74 bits per heavy atom. The quantitative estimate of drug-likeness (QED) is 0.200. The van der Waals surface area contributed by atoms with Crippen LogP contribution in [-0.4, -0.2) is 83.6 Å². The zero-order valence-corrected chi connectivity index (χ0v) is 27.0. The molecular formula is C35H39N3O9. The van der Waals surface area contributed by atoms with Gasteiger partial charge in [-0.1, -0.05) is 24.3 Å². The van der Waals surface area contributed by atoms with E-state index < -0.39 is 42.1 Å². The maximum atomic E-state index is 14.6. The number of aryl methyl sites for hydroxylation is 1. The van der Waals surface area contributed by atoms with Gasteiger partial charge < -0.3 is 33.9 Å². The highest BCUT2D eigenvalue weighted by Gasteiger charge is 2.50. The molecule has 2 atom stereocenters. The van der Waals surface area contributed by atoms with Crippen LogP contribution in [0.4, 0.5) is 5.69 Å². The average Bonchev–Trinajstić information content (AvgIpc) is 3.03. The van der Waals surface area contributed by atoms with E-state index in [0.29, 0.717) is 58.6 Å². The number of benzene rings is 3. The number of nitrogens with one attached hydrogen (secondary N) is 1. The number of esters is 2. The highest BCUT2D eigenvalue weighted by Crippen LogP contribution is 2.48. The molecule has 0 aliphatic carbocycles. The van der Waals surface area contributed by atoms with E-state index in [1.807, 2.05) is 48.0 Å². The Hall–Kier alpha value is -4.68. The maximum Gasteiger partial charge on any atom is 0.306 e. The van der Waals surface area contributed by atoms with Crippen LogP contribution in [0.1, 0.15) is 45.3 Å². The number of nitrogens with zero attached hydrogens (tertiary/aromatic N) is 2. The second-order valence-electron chi connectivity index (χ2n) is 12.6. The van der Waals surface area contributed by atoms with Crippen LogP contribution in [0.2, 0.25) is 0 Å². The predicted molar refractivity (Wildman–Crippen MR) is 176 cm³/mol. The van der Waals surface area contributed by atoms with Gasteiger partial charge in [0.1, 0.15) is 11.4 Å². The van der Waals surface area contributed by atoms with E-state index in [1.54, 1.807) is 19.9 Å². The lowest BCUT2D eigenvalue weighted by molar-refractivity contribution is -0.189. The van der Waals surface area contributed by atoms with Crippen LogP contribution in [-0.2, 0) is 35.6 Å². The predicted octanol–water partition coefficient (Wildman–Crippen LogP) is 4.14. The molecule has 3 heterocycles. The lowest BCUT2D eigenvalue weighted by Crippen LogP contribution is -2.52. The van der Waals surface area contributed by atoms with Gasteiger partial charge in [-0.2, -0.15) is 0 Å². The summed E-state index contributed by atoms with van der Waals surface area (Å²) in [7, 11) is 1.84. The van der Waals surface area contributed by atoms with Gasteiger partial charge in [-0.3, -0.25) is 24.1 Å². The second kappa shape index (κ2) is 12.8. The number of rotatable bonds is 9. The van der Waals surface area contributed by atoms with E-state index in [-0.39, 0.29) is 11.8 Å². The molecular weight excluding hydrogens is 606 g/mol. The van der Waals surface area contributed by atoms with Gasteiger partial charge in [0.25, 0.3) is 0 Å². The van der Waals surface area contributed by atoms with Crippen molar-refractivity contribution in [3.05, 3.63) is 58.3 Å². The van der Waals surface area contributed by atoms with E-state index in [4.69, 9.17) is 24.1 Å². The molecule has 2 aliphatic heterocycles. The smallest absolute Gasteiger partial charge is 0.306 e. The fourth-order valence-electron chi connectivity index (χ4n) is 6.62. The number of carbonyl (C=O) groups excluding carboxylic acids is 2. The number of aliphatic carboxylic acids is 1. The molecule has 1 aromatic heterocycles. The van der Waals surface area contributed by atoms with Crippen molar-refractivity contribution in [2.45, 2.75) is 51.4 Å². The van der Waals surface area contributed by atoms with Crippen molar-refractivity contribution >= 4 is 56.2 Å². The molecule has 0 unspecified atom stereocenters. The van der Waals surface area contributed by atoms with Gasteiger partial charge in [0.05, 0.1) is 53.7 Å². The lowest BCUT2D eigenvalue weighted by Gasteiger charge is -2.44. The lowest BCUT2D eigenvalue weighted by atomic mass is 9.86. The number of carbonyl (C=O) groups is 3. The van der Waals surface area contributed by atoms with Crippen LogP contribution in [0.5, 0.6) is 5.75 Å². The molecule has 47 heavy (non-hydrogen) atoms. The number of aromatic nitrogens is 1. The van der Waals surface area contributed by atoms with Crippen molar-refractivity contribution < 1.29 is 38.4 Å². The summed E-state index contributed by atoms with van der Waals surface area (Å²) in [6, 6.07) is 13.4. The van der Waals surface area contributed by atoms with Gasteiger partial charge in [-0.25, -0.2) is 0 Å². The Morgan fingerprint density at radius 3 is 2.43 bits per heavy atom. The molecule has 0 bridgehead atoms. The molecule has 2 aliphatic rings. The number of carboxylic acid groups (broad SMARTS) is 1. The summed E-state index contributed by atoms with van der Waals surface area (Å²) in [4.78, 5) is 53.5. The van der Waals surface area contributed by atoms with Crippen LogP contribution in [0, 0.1) is 0 Å². The summed E-state index contributed by atoms with van der Waals surface area (Å²) in [6.45, 7) is 8.95. The summed E-state index contributed by atoms with van der Waals surface area (Å²) >= 11 is 0. The number of morpholine rings is 1. The van der Waals surface area contributed by atoms with E-state index in [9.17, 15) is 19.2 Å². The Morgan fingerprint density at radius 1 is 1.04 bits per heavy atom. The zero-order valence-electron chi connectivity index (χ0n) is 27.0. The number of ether oxygens (including phenoxy) is 4. The number of hydrogen-bond donors (Lipinski definition) is 2. The number of fused-ring (bicyclic) bond motifs is 5. The first kappa shape index (κ1) is 32.3. The molecule has 4 aromatic rings. The highest BCUT2D eigenvalue weighted by atomic mass is 16.6. The molecule has 0 radical (unpaired) electrons. The van der Waals surface area contributed by atoms with Crippen LogP contribution in [0.3, 0.4) is 0 Å². The third-order valence-electron chi connectivity index (χ3n) is 8.89. The molecule has 0 saturated carbocycles. The van der Waals surface area contributed by atoms with E-state index in [2.05, 4.69) is 10.2 Å². The minimum Gasteiger partial charge on any atom is -0.483 e. The number of carboxylic acids is 1. The van der Waals surface area contributed by atoms with Crippen LogP contribution in [0.15, 0.2) is 47.3 Å². The van der Waals surface area contributed by atoms with Crippen LogP contribution in [0.25, 0.3) is 32.6 Å². The summed E-state index contributed by atoms with van der Waals surface area (Å²) in [6.07, 6.45) is -3.09. The fraction of sp³-hybridized carbons (Fsp3) is 0.429. The van der Waals surface area contributed by atoms with Crippen LogP contribution >= 0.6 is 0 Å². The molecule has 3 aromatic carbocycles. The van der Waals surface area contributed by atoms with Gasteiger partial charge >= 0.3 is 17.9 Å². The Balaban J connectivity index is 1.57. The molecule has 12 heteroatoms. The second-order valence-corrected chi connectivity index (χ2v) is 12.6.